The predicted molar refractivity (Wildman–Crippen MR) is 60.3 cm³/mol. The molecule has 2 aliphatic carbocycles. The predicted octanol–water partition coefficient (Wildman–Crippen LogP) is 2.23. The first-order valence-corrected chi connectivity index (χ1v) is 5.54. The molecule has 17 heavy (non-hydrogen) atoms. The van der Waals surface area contributed by atoms with Gasteiger partial charge in [0, 0.05) is 0 Å². The molecule has 0 amide bonds. The molecule has 3 atom stereocenters. The van der Waals surface area contributed by atoms with Crippen molar-refractivity contribution >= 4 is 23.4 Å². The van der Waals surface area contributed by atoms with Crippen LogP contribution in [0.1, 0.15) is 6.42 Å². The summed E-state index contributed by atoms with van der Waals surface area (Å²) in [5.74, 6) is -3.54. The molecule has 0 heterocycles. The lowest BCUT2D eigenvalue weighted by Crippen LogP contribution is -2.35. The van der Waals surface area contributed by atoms with Gasteiger partial charge in [-0.2, -0.15) is 0 Å². The molecule has 2 aliphatic rings. The fourth-order valence-corrected chi connectivity index (χ4v) is 2.49. The average molecular weight is 257 g/mol. The van der Waals surface area contributed by atoms with Crippen LogP contribution >= 0.6 is 11.6 Å². The molecular formula is C12H10ClFO3. The summed E-state index contributed by atoms with van der Waals surface area (Å²) in [4.78, 5) is 22.7. The van der Waals surface area contributed by atoms with Gasteiger partial charge < -0.3 is 5.11 Å². The number of halogens is 2. The summed E-state index contributed by atoms with van der Waals surface area (Å²) in [5.41, 5.74) is 0.176. The minimum absolute atomic E-state index is 0.266. The van der Waals surface area contributed by atoms with Gasteiger partial charge >= 0.3 is 5.97 Å². The van der Waals surface area contributed by atoms with E-state index in [1.54, 1.807) is 0 Å². The first kappa shape index (κ1) is 12.0. The van der Waals surface area contributed by atoms with Gasteiger partial charge in [0.1, 0.15) is 11.4 Å². The molecule has 2 unspecified atom stereocenters. The number of aliphatic carboxylic acids is 1. The highest BCUT2D eigenvalue weighted by Gasteiger charge is 2.41. The van der Waals surface area contributed by atoms with Gasteiger partial charge in [-0.3, -0.25) is 4.79 Å². The van der Waals surface area contributed by atoms with Crippen molar-refractivity contribution in [1.82, 2.24) is 0 Å². The van der Waals surface area contributed by atoms with Crippen molar-refractivity contribution in [3.05, 3.63) is 35.7 Å². The Morgan fingerprint density at radius 2 is 2.24 bits per heavy atom. The topological polar surface area (TPSA) is 54.4 Å². The van der Waals surface area contributed by atoms with E-state index in [1.807, 2.05) is 0 Å². The quantitative estimate of drug-likeness (QED) is 0.578. The van der Waals surface area contributed by atoms with E-state index >= 15 is 0 Å². The lowest BCUT2D eigenvalue weighted by molar-refractivity contribution is -0.135. The van der Waals surface area contributed by atoms with Gasteiger partial charge in [0.2, 0.25) is 0 Å². The molecule has 0 bridgehead atoms. The zero-order valence-electron chi connectivity index (χ0n) is 8.82. The Morgan fingerprint density at radius 1 is 1.59 bits per heavy atom. The number of carbonyl (C=O) groups is 2. The number of hydrogen-bond donors (Lipinski definition) is 1. The van der Waals surface area contributed by atoms with Crippen molar-refractivity contribution in [2.75, 3.05) is 0 Å². The Morgan fingerprint density at radius 3 is 2.82 bits per heavy atom. The summed E-state index contributed by atoms with van der Waals surface area (Å²) < 4.78 is 13.4. The Hall–Kier alpha value is -1.42. The van der Waals surface area contributed by atoms with Crippen molar-refractivity contribution in [3.8, 4) is 0 Å². The van der Waals surface area contributed by atoms with Crippen molar-refractivity contribution in [1.29, 1.82) is 0 Å². The van der Waals surface area contributed by atoms with Crippen molar-refractivity contribution in [2.45, 2.75) is 11.8 Å². The summed E-state index contributed by atoms with van der Waals surface area (Å²) in [7, 11) is 0. The number of alkyl halides is 1. The van der Waals surface area contributed by atoms with Crippen molar-refractivity contribution < 1.29 is 19.1 Å². The maximum Gasteiger partial charge on any atom is 0.339 e. The number of fused-ring (bicyclic) bond motifs is 1. The van der Waals surface area contributed by atoms with E-state index in [0.29, 0.717) is 5.57 Å². The second kappa shape index (κ2) is 4.11. The largest absolute Gasteiger partial charge is 0.478 e. The fourth-order valence-electron chi connectivity index (χ4n) is 2.22. The Labute approximate surface area is 102 Å². The van der Waals surface area contributed by atoms with Gasteiger partial charge in [0.05, 0.1) is 11.3 Å². The van der Waals surface area contributed by atoms with Gasteiger partial charge in [-0.1, -0.05) is 12.2 Å². The van der Waals surface area contributed by atoms with Crippen LogP contribution in [0.4, 0.5) is 4.39 Å². The summed E-state index contributed by atoms with van der Waals surface area (Å²) in [6, 6.07) is 0. The van der Waals surface area contributed by atoms with E-state index in [1.165, 1.54) is 6.08 Å². The molecular weight excluding hydrogens is 247 g/mol. The standard InChI is InChI=1S/C12H10ClFO3/c1-5-2-8(12(16)17)11(15)7-4-10(14)9(13)3-6(5)7/h2,4,6-7,9H,1,3H2,(H,16,17)/t6?,7?,9-/m1/s1. The van der Waals surface area contributed by atoms with Crippen LogP contribution in [0.2, 0.25) is 0 Å². The molecule has 5 heteroatoms. The number of hydrogen-bond acceptors (Lipinski definition) is 2. The second-order valence-electron chi connectivity index (χ2n) is 4.19. The Kier molecular flexibility index (Phi) is 2.91. The first-order chi connectivity index (χ1) is 7.91. The lowest BCUT2D eigenvalue weighted by Gasteiger charge is -2.33. The molecule has 0 aromatic rings. The summed E-state index contributed by atoms with van der Waals surface area (Å²) >= 11 is 5.77. The van der Waals surface area contributed by atoms with Gasteiger partial charge in [-0.05, 0) is 24.5 Å². The van der Waals surface area contributed by atoms with Gasteiger partial charge in [0.25, 0.3) is 0 Å². The number of allylic oxidation sites excluding steroid dienone is 4. The highest BCUT2D eigenvalue weighted by molar-refractivity contribution is 6.23. The summed E-state index contributed by atoms with van der Waals surface area (Å²) in [6.45, 7) is 3.72. The monoisotopic (exact) mass is 256 g/mol. The third-order valence-electron chi connectivity index (χ3n) is 3.14. The van der Waals surface area contributed by atoms with Crippen LogP contribution < -0.4 is 0 Å². The maximum absolute atomic E-state index is 13.4. The molecule has 0 aromatic heterocycles. The van der Waals surface area contributed by atoms with Gasteiger partial charge in [-0.15, -0.1) is 11.6 Å². The summed E-state index contributed by atoms with van der Waals surface area (Å²) in [6.07, 6.45) is 2.64. The summed E-state index contributed by atoms with van der Waals surface area (Å²) in [5, 5.41) is 8.10. The molecule has 0 saturated carbocycles. The normalized spacial score (nSPS) is 32.7. The van der Waals surface area contributed by atoms with E-state index in [4.69, 9.17) is 16.7 Å². The number of Topliss-reactive ketones (excluding diaryl/α,β-unsaturated/α-hetero) is 1. The van der Waals surface area contributed by atoms with E-state index in [2.05, 4.69) is 6.58 Å². The molecule has 2 rings (SSSR count). The van der Waals surface area contributed by atoms with Gasteiger partial charge in [0.15, 0.2) is 5.78 Å². The molecule has 0 radical (unpaired) electrons. The Bertz CT molecular complexity index is 478. The van der Waals surface area contributed by atoms with Crippen LogP contribution in [0.15, 0.2) is 35.7 Å². The third-order valence-corrected chi connectivity index (χ3v) is 3.52. The van der Waals surface area contributed by atoms with Gasteiger partial charge in [-0.25, -0.2) is 9.18 Å². The second-order valence-corrected chi connectivity index (χ2v) is 4.72. The minimum atomic E-state index is -1.31. The van der Waals surface area contributed by atoms with E-state index in [0.717, 1.165) is 6.08 Å². The smallest absolute Gasteiger partial charge is 0.339 e. The fraction of sp³-hybridized carbons (Fsp3) is 0.333. The number of carboxylic acid groups (broad SMARTS) is 1. The SMILES string of the molecule is C=C1C=C(C(=O)O)C(=O)C2C=C(F)[C@H](Cl)CC12. The lowest BCUT2D eigenvalue weighted by atomic mass is 9.71. The molecule has 0 aliphatic heterocycles. The average Bonchev–Trinajstić information content (AvgIpc) is 2.25. The highest BCUT2D eigenvalue weighted by atomic mass is 35.5. The molecule has 0 fully saturated rings. The zero-order valence-corrected chi connectivity index (χ0v) is 9.58. The van der Waals surface area contributed by atoms with Crippen molar-refractivity contribution in [2.24, 2.45) is 11.8 Å². The maximum atomic E-state index is 13.4. The van der Waals surface area contributed by atoms with Crippen LogP contribution in [0.5, 0.6) is 0 Å². The number of carbonyl (C=O) groups excluding carboxylic acids is 1. The van der Waals surface area contributed by atoms with Crippen LogP contribution in [0.25, 0.3) is 0 Å². The molecule has 90 valence electrons. The van der Waals surface area contributed by atoms with E-state index in [-0.39, 0.29) is 17.9 Å². The van der Waals surface area contributed by atoms with E-state index in [9.17, 15) is 14.0 Å². The molecule has 3 nitrogen and oxygen atoms in total. The highest BCUT2D eigenvalue weighted by Crippen LogP contribution is 2.41. The van der Waals surface area contributed by atoms with Crippen LogP contribution in [-0.2, 0) is 9.59 Å². The molecule has 1 N–H and O–H groups in total. The van der Waals surface area contributed by atoms with Crippen LogP contribution in [-0.4, -0.2) is 22.2 Å². The molecule has 0 saturated heterocycles. The first-order valence-electron chi connectivity index (χ1n) is 5.11. The molecule has 0 aromatic carbocycles. The van der Waals surface area contributed by atoms with Crippen LogP contribution in [0.3, 0.4) is 0 Å². The minimum Gasteiger partial charge on any atom is -0.478 e. The zero-order chi connectivity index (χ0) is 12.7. The number of rotatable bonds is 1. The number of ketones is 1. The van der Waals surface area contributed by atoms with Crippen LogP contribution in [0, 0.1) is 11.8 Å². The number of carboxylic acids is 1. The van der Waals surface area contributed by atoms with Crippen molar-refractivity contribution in [3.63, 3.8) is 0 Å². The Balaban J connectivity index is 2.44. The van der Waals surface area contributed by atoms with E-state index < -0.39 is 28.9 Å². The third kappa shape index (κ3) is 1.93. The molecule has 0 spiro atoms.